The lowest BCUT2D eigenvalue weighted by Crippen LogP contribution is -2.23. The average molecular weight is 274 g/mol. The Labute approximate surface area is 113 Å². The number of nitrogens with one attached hydrogen (secondary N) is 1. The molecule has 1 aromatic carbocycles. The van der Waals surface area contributed by atoms with Gasteiger partial charge in [0.15, 0.2) is 0 Å². The van der Waals surface area contributed by atoms with Gasteiger partial charge in [-0.25, -0.2) is 4.39 Å². The van der Waals surface area contributed by atoms with Gasteiger partial charge in [0.25, 0.3) is 0 Å². The standard InChI is InChI=1S/C14H21ClFNO/c1-2-3-11(6-7-18)9-17-10-12-4-5-13(15)14(16)8-12/h4-5,8,11,17-18H,2-3,6-7,9-10H2,1H3. The Balaban J connectivity index is 2.37. The molecule has 1 unspecified atom stereocenters. The molecule has 0 aliphatic heterocycles. The van der Waals surface area contributed by atoms with Crippen LogP contribution in [0.2, 0.25) is 5.02 Å². The van der Waals surface area contributed by atoms with Crippen LogP contribution in [0.3, 0.4) is 0 Å². The molecule has 0 amide bonds. The first kappa shape index (κ1) is 15.4. The monoisotopic (exact) mass is 273 g/mol. The van der Waals surface area contributed by atoms with Crippen LogP contribution in [0.1, 0.15) is 31.7 Å². The number of halogens is 2. The number of benzene rings is 1. The number of hydrogen-bond acceptors (Lipinski definition) is 2. The van der Waals surface area contributed by atoms with Crippen molar-refractivity contribution >= 4 is 11.6 Å². The quantitative estimate of drug-likeness (QED) is 0.761. The molecule has 2 N–H and O–H groups in total. The number of aliphatic hydroxyl groups is 1. The first-order valence-electron chi connectivity index (χ1n) is 6.42. The summed E-state index contributed by atoms with van der Waals surface area (Å²) in [7, 11) is 0. The maximum absolute atomic E-state index is 13.2. The third-order valence-electron chi connectivity index (χ3n) is 2.98. The highest BCUT2D eigenvalue weighted by molar-refractivity contribution is 6.30. The van der Waals surface area contributed by atoms with Gasteiger partial charge >= 0.3 is 0 Å². The van der Waals surface area contributed by atoms with Gasteiger partial charge in [-0.2, -0.15) is 0 Å². The lowest BCUT2D eigenvalue weighted by molar-refractivity contribution is 0.248. The van der Waals surface area contributed by atoms with E-state index in [2.05, 4.69) is 12.2 Å². The zero-order valence-corrected chi connectivity index (χ0v) is 11.5. The van der Waals surface area contributed by atoms with Gasteiger partial charge < -0.3 is 10.4 Å². The van der Waals surface area contributed by atoms with Gasteiger partial charge in [-0.15, -0.1) is 0 Å². The van der Waals surface area contributed by atoms with Gasteiger partial charge in [-0.3, -0.25) is 0 Å². The SMILES string of the molecule is CCCC(CCO)CNCc1ccc(Cl)c(F)c1. The summed E-state index contributed by atoms with van der Waals surface area (Å²) in [6, 6.07) is 4.85. The van der Waals surface area contributed by atoms with E-state index in [1.807, 2.05) is 6.07 Å². The Hall–Kier alpha value is -0.640. The van der Waals surface area contributed by atoms with Crippen molar-refractivity contribution < 1.29 is 9.50 Å². The van der Waals surface area contributed by atoms with Crippen LogP contribution in [0.25, 0.3) is 0 Å². The van der Waals surface area contributed by atoms with Gasteiger partial charge in [-0.1, -0.05) is 31.0 Å². The van der Waals surface area contributed by atoms with Gasteiger partial charge in [0.2, 0.25) is 0 Å². The minimum Gasteiger partial charge on any atom is -0.396 e. The van der Waals surface area contributed by atoms with Crippen LogP contribution in [0.5, 0.6) is 0 Å². The molecule has 0 spiro atoms. The molecule has 1 atom stereocenters. The first-order chi connectivity index (χ1) is 8.67. The second-order valence-electron chi connectivity index (χ2n) is 4.55. The van der Waals surface area contributed by atoms with Crippen molar-refractivity contribution in [3.63, 3.8) is 0 Å². The normalized spacial score (nSPS) is 12.7. The van der Waals surface area contributed by atoms with Gasteiger partial charge in [-0.05, 0) is 43.0 Å². The van der Waals surface area contributed by atoms with Gasteiger partial charge in [0.05, 0.1) is 5.02 Å². The molecule has 0 saturated carbocycles. The molecule has 0 fully saturated rings. The predicted octanol–water partition coefficient (Wildman–Crippen LogP) is 3.37. The molecule has 18 heavy (non-hydrogen) atoms. The predicted molar refractivity (Wildman–Crippen MR) is 73.2 cm³/mol. The van der Waals surface area contributed by atoms with E-state index in [9.17, 15) is 4.39 Å². The zero-order valence-electron chi connectivity index (χ0n) is 10.8. The topological polar surface area (TPSA) is 32.3 Å². The van der Waals surface area contributed by atoms with Crippen molar-refractivity contribution in [1.82, 2.24) is 5.32 Å². The molecule has 4 heteroatoms. The molecule has 0 aliphatic rings. The van der Waals surface area contributed by atoms with E-state index in [0.29, 0.717) is 12.5 Å². The summed E-state index contributed by atoms with van der Waals surface area (Å²) in [5, 5.41) is 12.4. The summed E-state index contributed by atoms with van der Waals surface area (Å²) < 4.78 is 13.2. The van der Waals surface area contributed by atoms with Crippen molar-refractivity contribution in [2.75, 3.05) is 13.2 Å². The van der Waals surface area contributed by atoms with E-state index < -0.39 is 0 Å². The fourth-order valence-corrected chi connectivity index (χ4v) is 2.13. The maximum atomic E-state index is 13.2. The van der Waals surface area contributed by atoms with Crippen LogP contribution in [0, 0.1) is 11.7 Å². The van der Waals surface area contributed by atoms with Crippen molar-refractivity contribution in [2.45, 2.75) is 32.7 Å². The van der Waals surface area contributed by atoms with Crippen LogP contribution in [0.15, 0.2) is 18.2 Å². The minimum atomic E-state index is -0.378. The van der Waals surface area contributed by atoms with E-state index >= 15 is 0 Å². The van der Waals surface area contributed by atoms with E-state index in [4.69, 9.17) is 16.7 Å². The summed E-state index contributed by atoms with van der Waals surface area (Å²) >= 11 is 5.62. The van der Waals surface area contributed by atoms with Crippen LogP contribution in [0.4, 0.5) is 4.39 Å². The maximum Gasteiger partial charge on any atom is 0.142 e. The fraction of sp³-hybridized carbons (Fsp3) is 0.571. The Morgan fingerprint density at radius 1 is 1.39 bits per heavy atom. The molecule has 0 saturated heterocycles. The molecule has 0 radical (unpaired) electrons. The molecule has 0 aromatic heterocycles. The second-order valence-corrected chi connectivity index (χ2v) is 4.95. The Bertz CT molecular complexity index is 354. The largest absolute Gasteiger partial charge is 0.396 e. The van der Waals surface area contributed by atoms with E-state index in [1.165, 1.54) is 6.07 Å². The fourth-order valence-electron chi connectivity index (χ4n) is 2.01. The van der Waals surface area contributed by atoms with Crippen LogP contribution in [-0.2, 0) is 6.54 Å². The Morgan fingerprint density at radius 3 is 2.78 bits per heavy atom. The Kier molecular flexibility index (Phi) is 7.25. The minimum absolute atomic E-state index is 0.155. The zero-order chi connectivity index (χ0) is 13.4. The van der Waals surface area contributed by atoms with Crippen LogP contribution in [-0.4, -0.2) is 18.3 Å². The summed E-state index contributed by atoms with van der Waals surface area (Å²) in [5.74, 6) is 0.105. The summed E-state index contributed by atoms with van der Waals surface area (Å²) in [6.07, 6.45) is 3.03. The van der Waals surface area contributed by atoms with E-state index in [0.717, 1.165) is 31.4 Å². The van der Waals surface area contributed by atoms with Crippen molar-refractivity contribution in [2.24, 2.45) is 5.92 Å². The molecule has 0 bridgehead atoms. The van der Waals surface area contributed by atoms with Crippen molar-refractivity contribution in [3.05, 3.63) is 34.6 Å². The number of hydrogen-bond donors (Lipinski definition) is 2. The molecule has 2 nitrogen and oxygen atoms in total. The van der Waals surface area contributed by atoms with Crippen molar-refractivity contribution in [3.8, 4) is 0 Å². The number of aliphatic hydroxyl groups excluding tert-OH is 1. The molecule has 102 valence electrons. The highest BCUT2D eigenvalue weighted by Crippen LogP contribution is 2.15. The summed E-state index contributed by atoms with van der Waals surface area (Å²) in [5.41, 5.74) is 0.885. The highest BCUT2D eigenvalue weighted by atomic mass is 35.5. The Morgan fingerprint density at radius 2 is 2.17 bits per heavy atom. The second kappa shape index (κ2) is 8.46. The third kappa shape index (κ3) is 5.34. The highest BCUT2D eigenvalue weighted by Gasteiger charge is 2.07. The lowest BCUT2D eigenvalue weighted by Gasteiger charge is -2.15. The lowest BCUT2D eigenvalue weighted by atomic mass is 10.0. The van der Waals surface area contributed by atoms with Crippen LogP contribution >= 0.6 is 11.6 Å². The third-order valence-corrected chi connectivity index (χ3v) is 3.29. The smallest absolute Gasteiger partial charge is 0.142 e. The molecule has 0 aliphatic carbocycles. The van der Waals surface area contributed by atoms with Crippen LogP contribution < -0.4 is 5.32 Å². The van der Waals surface area contributed by atoms with Crippen molar-refractivity contribution in [1.29, 1.82) is 0 Å². The molecule has 1 aromatic rings. The first-order valence-corrected chi connectivity index (χ1v) is 6.80. The van der Waals surface area contributed by atoms with Gasteiger partial charge in [0, 0.05) is 13.2 Å². The summed E-state index contributed by atoms with van der Waals surface area (Å²) in [6.45, 7) is 3.83. The summed E-state index contributed by atoms with van der Waals surface area (Å²) in [4.78, 5) is 0. The molecule has 1 rings (SSSR count). The molecular formula is C14H21ClFNO. The molecule has 0 heterocycles. The van der Waals surface area contributed by atoms with Gasteiger partial charge in [0.1, 0.15) is 5.82 Å². The number of rotatable bonds is 8. The van der Waals surface area contributed by atoms with E-state index in [-0.39, 0.29) is 17.4 Å². The average Bonchev–Trinajstić information content (AvgIpc) is 2.34. The van der Waals surface area contributed by atoms with E-state index in [1.54, 1.807) is 6.07 Å². The molecular weight excluding hydrogens is 253 g/mol.